The molecule has 0 unspecified atom stereocenters. The molecule has 1 heterocycles. The fraction of sp³-hybridized carbons (Fsp3) is 0.333. The predicted octanol–water partition coefficient (Wildman–Crippen LogP) is 4.68. The van der Waals surface area contributed by atoms with Crippen molar-refractivity contribution in [3.05, 3.63) is 90.0 Å². The van der Waals surface area contributed by atoms with E-state index in [0.29, 0.717) is 35.8 Å². The SMILES string of the molecule is C[C@@H]1CN([C@@H](C)CO)C(=O)c2cc(NC(=O)Nc3ccccc3)ccc2O[C@@H]1CN(C)Cc1ccccc1. The lowest BCUT2D eigenvalue weighted by Crippen LogP contribution is -2.49. The quantitative estimate of drug-likeness (QED) is 0.404. The van der Waals surface area contributed by atoms with Crippen LogP contribution in [0.5, 0.6) is 5.75 Å². The zero-order chi connectivity index (χ0) is 27.1. The number of benzene rings is 3. The molecule has 3 aromatic rings. The Morgan fingerprint density at radius 1 is 1.05 bits per heavy atom. The summed E-state index contributed by atoms with van der Waals surface area (Å²) in [5, 5.41) is 15.5. The summed E-state index contributed by atoms with van der Waals surface area (Å²) in [5.74, 6) is 0.245. The van der Waals surface area contributed by atoms with E-state index < -0.39 is 6.03 Å². The number of rotatable bonds is 8. The fourth-order valence-electron chi connectivity index (χ4n) is 4.60. The maximum Gasteiger partial charge on any atom is 0.323 e. The number of ether oxygens (including phenoxy) is 1. The van der Waals surface area contributed by atoms with Crippen molar-refractivity contribution in [3.8, 4) is 5.75 Å². The molecule has 0 fully saturated rings. The Bertz CT molecular complexity index is 1220. The Morgan fingerprint density at radius 2 is 1.71 bits per heavy atom. The van der Waals surface area contributed by atoms with E-state index in [1.807, 2.05) is 43.3 Å². The molecule has 0 spiro atoms. The molecule has 0 aliphatic carbocycles. The Kier molecular flexibility index (Phi) is 8.99. The van der Waals surface area contributed by atoms with Crippen LogP contribution in [0.3, 0.4) is 0 Å². The number of para-hydroxylation sites is 1. The van der Waals surface area contributed by atoms with Gasteiger partial charge in [-0.05, 0) is 49.9 Å². The van der Waals surface area contributed by atoms with Crippen LogP contribution in [0.1, 0.15) is 29.8 Å². The molecular formula is C30H36N4O4. The molecule has 1 aliphatic rings. The molecule has 3 N–H and O–H groups in total. The molecule has 8 heteroatoms. The van der Waals surface area contributed by atoms with Crippen molar-refractivity contribution in [1.82, 2.24) is 9.80 Å². The Balaban J connectivity index is 1.56. The minimum atomic E-state index is -0.412. The standard InChI is InChI=1S/C30H36N4O4/c1-21-17-34(22(2)20-35)29(36)26-16-25(32-30(37)31-24-12-8-5-9-13-24)14-15-27(26)38-28(21)19-33(3)18-23-10-6-4-7-11-23/h4-16,21-22,28,35H,17-20H2,1-3H3,(H2,31,32,37)/t21-,22+,28-/m1/s1. The highest BCUT2D eigenvalue weighted by atomic mass is 16.5. The number of hydrogen-bond acceptors (Lipinski definition) is 5. The van der Waals surface area contributed by atoms with E-state index in [4.69, 9.17) is 4.74 Å². The van der Waals surface area contributed by atoms with E-state index in [0.717, 1.165) is 6.54 Å². The molecule has 3 aromatic carbocycles. The van der Waals surface area contributed by atoms with Gasteiger partial charge in [-0.15, -0.1) is 0 Å². The van der Waals surface area contributed by atoms with Crippen molar-refractivity contribution in [2.24, 2.45) is 5.92 Å². The first-order valence-corrected chi connectivity index (χ1v) is 12.9. The van der Waals surface area contributed by atoms with Crippen molar-refractivity contribution >= 4 is 23.3 Å². The van der Waals surface area contributed by atoms with Crippen LogP contribution in [0.4, 0.5) is 16.2 Å². The number of carbonyl (C=O) groups excluding carboxylic acids is 2. The zero-order valence-electron chi connectivity index (χ0n) is 22.1. The number of aliphatic hydroxyl groups excluding tert-OH is 1. The lowest BCUT2D eigenvalue weighted by molar-refractivity contribution is 0.0341. The van der Waals surface area contributed by atoms with Crippen LogP contribution in [0.25, 0.3) is 0 Å². The number of fused-ring (bicyclic) bond motifs is 1. The molecule has 200 valence electrons. The second-order valence-corrected chi connectivity index (χ2v) is 9.96. The number of hydrogen-bond donors (Lipinski definition) is 3. The lowest BCUT2D eigenvalue weighted by Gasteiger charge is -2.38. The van der Waals surface area contributed by atoms with Gasteiger partial charge >= 0.3 is 6.03 Å². The maximum atomic E-state index is 13.6. The number of aliphatic hydroxyl groups is 1. The first kappa shape index (κ1) is 27.2. The molecule has 0 radical (unpaired) electrons. The highest BCUT2D eigenvalue weighted by Gasteiger charge is 2.33. The van der Waals surface area contributed by atoms with Crippen LogP contribution in [0, 0.1) is 5.92 Å². The van der Waals surface area contributed by atoms with Crippen molar-refractivity contribution < 1.29 is 19.4 Å². The summed E-state index contributed by atoms with van der Waals surface area (Å²) in [6, 6.07) is 23.7. The van der Waals surface area contributed by atoms with E-state index >= 15 is 0 Å². The van der Waals surface area contributed by atoms with Crippen LogP contribution in [0.15, 0.2) is 78.9 Å². The summed E-state index contributed by atoms with van der Waals surface area (Å²) in [7, 11) is 2.06. The van der Waals surface area contributed by atoms with Crippen molar-refractivity contribution in [2.45, 2.75) is 32.5 Å². The van der Waals surface area contributed by atoms with Crippen LogP contribution >= 0.6 is 0 Å². The molecule has 0 saturated carbocycles. The number of likely N-dealkylation sites (N-methyl/N-ethyl adjacent to an activating group) is 1. The van der Waals surface area contributed by atoms with Crippen LogP contribution < -0.4 is 15.4 Å². The van der Waals surface area contributed by atoms with E-state index in [9.17, 15) is 14.7 Å². The minimum Gasteiger partial charge on any atom is -0.488 e. The van der Waals surface area contributed by atoms with E-state index in [-0.39, 0.29) is 30.6 Å². The second kappa shape index (κ2) is 12.6. The Morgan fingerprint density at radius 3 is 2.39 bits per heavy atom. The first-order chi connectivity index (χ1) is 18.3. The van der Waals surface area contributed by atoms with E-state index in [2.05, 4.69) is 41.6 Å². The summed E-state index contributed by atoms with van der Waals surface area (Å²) < 4.78 is 6.47. The molecule has 1 aliphatic heterocycles. The largest absolute Gasteiger partial charge is 0.488 e. The van der Waals surface area contributed by atoms with E-state index in [1.54, 1.807) is 35.2 Å². The summed E-state index contributed by atoms with van der Waals surface area (Å²) in [6.07, 6.45) is -0.191. The second-order valence-electron chi connectivity index (χ2n) is 9.96. The van der Waals surface area contributed by atoms with Gasteiger partial charge in [0, 0.05) is 36.9 Å². The summed E-state index contributed by atoms with van der Waals surface area (Å²) in [5.41, 5.74) is 2.70. The number of amides is 3. The van der Waals surface area contributed by atoms with Gasteiger partial charge in [0.25, 0.3) is 5.91 Å². The minimum absolute atomic E-state index is 0.0220. The molecule has 8 nitrogen and oxygen atoms in total. The third-order valence-electron chi connectivity index (χ3n) is 6.74. The Hall–Kier alpha value is -3.88. The number of nitrogens with zero attached hydrogens (tertiary/aromatic N) is 2. The number of urea groups is 1. The maximum absolute atomic E-state index is 13.6. The summed E-state index contributed by atoms with van der Waals surface area (Å²) in [6.45, 7) is 5.62. The molecule has 0 bridgehead atoms. The molecule has 0 saturated heterocycles. The third-order valence-corrected chi connectivity index (χ3v) is 6.74. The zero-order valence-corrected chi connectivity index (χ0v) is 22.1. The molecule has 3 atom stereocenters. The number of carbonyl (C=O) groups is 2. The molecule has 4 rings (SSSR count). The lowest BCUT2D eigenvalue weighted by atomic mass is 9.99. The predicted molar refractivity (Wildman–Crippen MR) is 149 cm³/mol. The van der Waals surface area contributed by atoms with Gasteiger partial charge in [0.1, 0.15) is 11.9 Å². The van der Waals surface area contributed by atoms with Gasteiger partial charge in [-0.3, -0.25) is 9.69 Å². The van der Waals surface area contributed by atoms with Crippen molar-refractivity contribution in [1.29, 1.82) is 0 Å². The topological polar surface area (TPSA) is 94.1 Å². The van der Waals surface area contributed by atoms with Gasteiger partial charge in [-0.2, -0.15) is 0 Å². The van der Waals surface area contributed by atoms with Crippen molar-refractivity contribution in [2.75, 3.05) is 37.4 Å². The highest BCUT2D eigenvalue weighted by molar-refractivity contribution is 6.02. The monoisotopic (exact) mass is 516 g/mol. The molecule has 38 heavy (non-hydrogen) atoms. The van der Waals surface area contributed by atoms with Crippen LogP contribution in [-0.2, 0) is 6.54 Å². The van der Waals surface area contributed by atoms with Crippen LogP contribution in [-0.4, -0.2) is 65.7 Å². The first-order valence-electron chi connectivity index (χ1n) is 12.9. The Labute approximate surface area is 224 Å². The van der Waals surface area contributed by atoms with Gasteiger partial charge < -0.3 is 25.4 Å². The summed E-state index contributed by atoms with van der Waals surface area (Å²) in [4.78, 5) is 30.1. The fourth-order valence-corrected chi connectivity index (χ4v) is 4.60. The third kappa shape index (κ3) is 6.90. The van der Waals surface area contributed by atoms with Gasteiger partial charge in [0.2, 0.25) is 0 Å². The molecule has 3 amide bonds. The van der Waals surface area contributed by atoms with Crippen molar-refractivity contribution in [3.63, 3.8) is 0 Å². The number of anilines is 2. The molecular weight excluding hydrogens is 480 g/mol. The van der Waals surface area contributed by atoms with Crippen LogP contribution in [0.2, 0.25) is 0 Å². The van der Waals surface area contributed by atoms with Gasteiger partial charge in [0.15, 0.2) is 0 Å². The normalized spacial score (nSPS) is 18.1. The van der Waals surface area contributed by atoms with Gasteiger partial charge in [-0.25, -0.2) is 4.79 Å². The van der Waals surface area contributed by atoms with E-state index in [1.165, 1.54) is 5.56 Å². The average Bonchev–Trinajstić information content (AvgIpc) is 2.91. The summed E-state index contributed by atoms with van der Waals surface area (Å²) >= 11 is 0. The highest BCUT2D eigenvalue weighted by Crippen LogP contribution is 2.31. The smallest absolute Gasteiger partial charge is 0.323 e. The number of nitrogens with one attached hydrogen (secondary N) is 2. The van der Waals surface area contributed by atoms with Gasteiger partial charge in [-0.1, -0.05) is 55.5 Å². The average molecular weight is 517 g/mol. The van der Waals surface area contributed by atoms with Gasteiger partial charge in [0.05, 0.1) is 18.2 Å². The molecule has 0 aromatic heterocycles.